The molecule has 1 amide bonds. The number of nitrogen functional groups attached to an aromatic ring is 1. The zero-order chi connectivity index (χ0) is 12.8. The Labute approximate surface area is 100 Å². The summed E-state index contributed by atoms with van der Waals surface area (Å²) in [5, 5.41) is 4.16. The summed E-state index contributed by atoms with van der Waals surface area (Å²) in [6, 6.07) is 0. The summed E-state index contributed by atoms with van der Waals surface area (Å²) in [6.45, 7) is 1.45. The number of aromatic nitrogens is 2. The van der Waals surface area contributed by atoms with Crippen molar-refractivity contribution in [3.05, 3.63) is 6.20 Å². The van der Waals surface area contributed by atoms with E-state index in [0.29, 0.717) is 24.7 Å². The van der Waals surface area contributed by atoms with Crippen LogP contribution in [0.5, 0.6) is 0 Å². The maximum absolute atomic E-state index is 10.9. The second kappa shape index (κ2) is 6.09. The topological polar surface area (TPSA) is 99.4 Å². The summed E-state index contributed by atoms with van der Waals surface area (Å²) < 4.78 is 6.72. The third-order valence-corrected chi connectivity index (χ3v) is 2.31. The molecule has 1 rings (SSSR count). The molecule has 0 bridgehead atoms. The zero-order valence-corrected chi connectivity index (χ0v) is 10.2. The second-order valence-corrected chi connectivity index (χ2v) is 3.82. The van der Waals surface area contributed by atoms with Gasteiger partial charge in [-0.1, -0.05) is 0 Å². The molecule has 0 saturated carbocycles. The van der Waals surface area contributed by atoms with Crippen molar-refractivity contribution in [3.63, 3.8) is 0 Å². The van der Waals surface area contributed by atoms with Gasteiger partial charge < -0.3 is 21.1 Å². The molecular formula is C10H19N5O2. The van der Waals surface area contributed by atoms with E-state index < -0.39 is 5.91 Å². The van der Waals surface area contributed by atoms with E-state index in [1.54, 1.807) is 29.9 Å². The Morgan fingerprint density at radius 2 is 2.35 bits per heavy atom. The van der Waals surface area contributed by atoms with E-state index in [1.165, 1.54) is 0 Å². The van der Waals surface area contributed by atoms with Crippen LogP contribution in [0.3, 0.4) is 0 Å². The number of hydrogen-bond acceptors (Lipinski definition) is 5. The molecule has 0 saturated heterocycles. The number of nitrogens with zero attached hydrogens (tertiary/aromatic N) is 3. The summed E-state index contributed by atoms with van der Waals surface area (Å²) in [5.74, 6) is 0.302. The Morgan fingerprint density at radius 3 is 2.94 bits per heavy atom. The van der Waals surface area contributed by atoms with Crippen LogP contribution < -0.4 is 16.4 Å². The molecule has 0 aliphatic heterocycles. The van der Waals surface area contributed by atoms with Gasteiger partial charge >= 0.3 is 0 Å². The fourth-order valence-corrected chi connectivity index (χ4v) is 1.64. The molecule has 7 heteroatoms. The largest absolute Gasteiger partial charge is 0.394 e. The molecule has 96 valence electrons. The molecule has 0 radical (unpaired) electrons. The molecule has 0 aromatic carbocycles. The first-order chi connectivity index (χ1) is 8.06. The summed E-state index contributed by atoms with van der Waals surface area (Å²) in [4.78, 5) is 12.6. The Balaban J connectivity index is 2.74. The number of rotatable bonds is 7. The first-order valence-corrected chi connectivity index (χ1v) is 5.36. The maximum atomic E-state index is 10.9. The van der Waals surface area contributed by atoms with Crippen LogP contribution in [0.25, 0.3) is 0 Å². The molecule has 17 heavy (non-hydrogen) atoms. The average molecular weight is 241 g/mol. The second-order valence-electron chi connectivity index (χ2n) is 3.82. The molecule has 0 aliphatic rings. The third kappa shape index (κ3) is 3.63. The quantitative estimate of drug-likeness (QED) is 0.622. The highest BCUT2D eigenvalue weighted by Gasteiger charge is 2.14. The van der Waals surface area contributed by atoms with Crippen molar-refractivity contribution in [1.29, 1.82) is 0 Å². The predicted octanol–water partition coefficient (Wildman–Crippen LogP) is -0.577. The molecule has 1 heterocycles. The van der Waals surface area contributed by atoms with Crippen molar-refractivity contribution in [1.82, 2.24) is 9.78 Å². The molecule has 7 nitrogen and oxygen atoms in total. The van der Waals surface area contributed by atoms with Gasteiger partial charge in [0.1, 0.15) is 0 Å². The SMILES string of the molecule is COCCCn1ncc(N)c1N(C)CC(N)=O. The van der Waals surface area contributed by atoms with E-state index in [9.17, 15) is 4.79 Å². The summed E-state index contributed by atoms with van der Waals surface area (Å²) in [5.41, 5.74) is 11.5. The lowest BCUT2D eigenvalue weighted by molar-refractivity contribution is -0.116. The van der Waals surface area contributed by atoms with Gasteiger partial charge in [0.15, 0.2) is 5.82 Å². The third-order valence-electron chi connectivity index (χ3n) is 2.31. The average Bonchev–Trinajstić information content (AvgIpc) is 2.59. The summed E-state index contributed by atoms with van der Waals surface area (Å²) in [6.07, 6.45) is 2.40. The Morgan fingerprint density at radius 1 is 1.65 bits per heavy atom. The van der Waals surface area contributed by atoms with Crippen molar-refractivity contribution in [2.45, 2.75) is 13.0 Å². The molecule has 0 aliphatic carbocycles. The highest BCUT2D eigenvalue weighted by atomic mass is 16.5. The van der Waals surface area contributed by atoms with Crippen LogP contribution in [0.2, 0.25) is 0 Å². The number of methoxy groups -OCH3 is 1. The lowest BCUT2D eigenvalue weighted by Crippen LogP contribution is -2.32. The Bertz CT molecular complexity index is 377. The summed E-state index contributed by atoms with van der Waals surface area (Å²) in [7, 11) is 3.41. The Kier molecular flexibility index (Phi) is 4.77. The summed E-state index contributed by atoms with van der Waals surface area (Å²) >= 11 is 0. The number of primary amides is 1. The van der Waals surface area contributed by atoms with Crippen molar-refractivity contribution < 1.29 is 9.53 Å². The van der Waals surface area contributed by atoms with Gasteiger partial charge in [-0.2, -0.15) is 5.10 Å². The van der Waals surface area contributed by atoms with Crippen LogP contribution in [-0.2, 0) is 16.1 Å². The van der Waals surface area contributed by atoms with E-state index >= 15 is 0 Å². The fourth-order valence-electron chi connectivity index (χ4n) is 1.64. The van der Waals surface area contributed by atoms with Gasteiger partial charge in [-0.15, -0.1) is 0 Å². The monoisotopic (exact) mass is 241 g/mol. The minimum Gasteiger partial charge on any atom is -0.394 e. The molecule has 0 atom stereocenters. The molecule has 0 fully saturated rings. The smallest absolute Gasteiger partial charge is 0.236 e. The van der Waals surface area contributed by atoms with Crippen LogP contribution in [-0.4, -0.2) is 43.0 Å². The molecule has 0 unspecified atom stereocenters. The highest BCUT2D eigenvalue weighted by Crippen LogP contribution is 2.21. The number of carbonyl (C=O) groups is 1. The first-order valence-electron chi connectivity index (χ1n) is 5.36. The number of hydrogen-bond donors (Lipinski definition) is 2. The van der Waals surface area contributed by atoms with E-state index in [0.717, 1.165) is 6.42 Å². The zero-order valence-electron chi connectivity index (χ0n) is 10.2. The van der Waals surface area contributed by atoms with Crippen LogP contribution in [0.15, 0.2) is 6.20 Å². The van der Waals surface area contributed by atoms with E-state index in [2.05, 4.69) is 5.10 Å². The normalized spacial score (nSPS) is 10.5. The number of ether oxygens (including phenoxy) is 1. The number of carbonyl (C=O) groups excluding carboxylic acids is 1. The van der Waals surface area contributed by atoms with Gasteiger partial charge in [0.25, 0.3) is 0 Å². The van der Waals surface area contributed by atoms with Crippen LogP contribution in [0.4, 0.5) is 11.5 Å². The number of nitrogens with two attached hydrogens (primary N) is 2. The molecule has 1 aromatic rings. The Hall–Kier alpha value is -1.76. The number of likely N-dealkylation sites (N-methyl/N-ethyl adjacent to an activating group) is 1. The van der Waals surface area contributed by atoms with Crippen molar-refractivity contribution in [2.24, 2.45) is 5.73 Å². The van der Waals surface area contributed by atoms with Crippen LogP contribution >= 0.6 is 0 Å². The van der Waals surface area contributed by atoms with Crippen molar-refractivity contribution in [3.8, 4) is 0 Å². The molecule has 0 spiro atoms. The maximum Gasteiger partial charge on any atom is 0.236 e. The standard InChI is InChI=1S/C10H19N5O2/c1-14(7-9(12)16)10-8(11)6-13-15(10)4-3-5-17-2/h6H,3-5,7,11H2,1-2H3,(H2,12,16). The molecular weight excluding hydrogens is 222 g/mol. The minimum atomic E-state index is -0.406. The van der Waals surface area contributed by atoms with Gasteiger partial charge in [0.05, 0.1) is 18.4 Å². The molecule has 4 N–H and O–H groups in total. The predicted molar refractivity (Wildman–Crippen MR) is 65.6 cm³/mol. The van der Waals surface area contributed by atoms with Gasteiger partial charge in [-0.3, -0.25) is 4.79 Å². The number of anilines is 2. The van der Waals surface area contributed by atoms with Gasteiger partial charge in [0.2, 0.25) is 5.91 Å². The van der Waals surface area contributed by atoms with Crippen molar-refractivity contribution >= 4 is 17.4 Å². The van der Waals surface area contributed by atoms with E-state index in [1.807, 2.05) is 0 Å². The minimum absolute atomic E-state index is 0.111. The van der Waals surface area contributed by atoms with Crippen molar-refractivity contribution in [2.75, 3.05) is 37.9 Å². The fraction of sp³-hybridized carbons (Fsp3) is 0.600. The highest BCUT2D eigenvalue weighted by molar-refractivity contribution is 5.80. The molecule has 1 aromatic heterocycles. The van der Waals surface area contributed by atoms with Gasteiger partial charge in [0, 0.05) is 27.3 Å². The number of aryl methyl sites for hydroxylation is 1. The van der Waals surface area contributed by atoms with E-state index in [4.69, 9.17) is 16.2 Å². The van der Waals surface area contributed by atoms with Gasteiger partial charge in [-0.25, -0.2) is 4.68 Å². The lowest BCUT2D eigenvalue weighted by atomic mass is 10.4. The van der Waals surface area contributed by atoms with Crippen LogP contribution in [0.1, 0.15) is 6.42 Å². The number of amides is 1. The van der Waals surface area contributed by atoms with Gasteiger partial charge in [-0.05, 0) is 6.42 Å². The van der Waals surface area contributed by atoms with E-state index in [-0.39, 0.29) is 6.54 Å². The lowest BCUT2D eigenvalue weighted by Gasteiger charge is -2.19. The van der Waals surface area contributed by atoms with Crippen LogP contribution in [0, 0.1) is 0 Å². The first kappa shape index (κ1) is 13.3.